The highest BCUT2D eigenvalue weighted by Gasteiger charge is 2.66. The Hall–Kier alpha value is -3.23. The molecule has 1 aromatic rings. The van der Waals surface area contributed by atoms with Gasteiger partial charge in [0.1, 0.15) is 6.04 Å². The van der Waals surface area contributed by atoms with Gasteiger partial charge in [-0.05, 0) is 50.7 Å². The van der Waals surface area contributed by atoms with E-state index in [1.165, 1.54) is 6.07 Å². The molecule has 3 N–H and O–H groups in total. The monoisotopic (exact) mass is 411 g/mol. The molecule has 5 rings (SSSR count). The van der Waals surface area contributed by atoms with Crippen LogP contribution in [0.4, 0.5) is 5.69 Å². The van der Waals surface area contributed by atoms with Gasteiger partial charge in [-0.2, -0.15) is 0 Å². The van der Waals surface area contributed by atoms with E-state index in [2.05, 4.69) is 10.6 Å². The fourth-order valence-corrected chi connectivity index (χ4v) is 5.69. The van der Waals surface area contributed by atoms with Gasteiger partial charge in [-0.15, -0.1) is 0 Å². The van der Waals surface area contributed by atoms with E-state index in [9.17, 15) is 29.1 Å². The molecule has 2 unspecified atom stereocenters. The summed E-state index contributed by atoms with van der Waals surface area (Å²) in [6.07, 6.45) is 3.46. The predicted molar refractivity (Wildman–Crippen MR) is 103 cm³/mol. The minimum Gasteiger partial charge on any atom is -0.481 e. The topological polar surface area (TPSA) is 133 Å². The number of rotatable bonds is 4. The average molecular weight is 411 g/mol. The number of fused-ring (bicyclic) bond motifs is 2. The third-order valence-electron chi connectivity index (χ3n) is 7.35. The molecular formula is C21H21N3O6. The number of amides is 4. The van der Waals surface area contributed by atoms with E-state index in [4.69, 9.17) is 0 Å². The average Bonchev–Trinajstić information content (AvgIpc) is 3.09. The van der Waals surface area contributed by atoms with Gasteiger partial charge in [0.2, 0.25) is 11.8 Å². The van der Waals surface area contributed by atoms with Crippen molar-refractivity contribution in [1.82, 2.24) is 10.2 Å². The van der Waals surface area contributed by atoms with Crippen molar-refractivity contribution in [3.05, 3.63) is 29.3 Å². The quantitative estimate of drug-likeness (QED) is 0.636. The van der Waals surface area contributed by atoms with Crippen molar-refractivity contribution in [3.63, 3.8) is 0 Å². The molecule has 30 heavy (non-hydrogen) atoms. The normalized spacial score (nSPS) is 32.4. The lowest BCUT2D eigenvalue weighted by Gasteiger charge is -2.53. The van der Waals surface area contributed by atoms with Crippen LogP contribution in [0.25, 0.3) is 0 Å². The zero-order chi connectivity index (χ0) is 21.3. The summed E-state index contributed by atoms with van der Waals surface area (Å²) in [5.74, 6) is -3.09. The molecule has 2 aliphatic carbocycles. The van der Waals surface area contributed by atoms with Gasteiger partial charge in [0.05, 0.1) is 22.1 Å². The lowest BCUT2D eigenvalue weighted by atomic mass is 9.56. The molecule has 2 saturated carbocycles. The van der Waals surface area contributed by atoms with Gasteiger partial charge in [-0.1, -0.05) is 6.07 Å². The van der Waals surface area contributed by atoms with Crippen LogP contribution in [0.5, 0.6) is 0 Å². The minimum atomic E-state index is -1.03. The summed E-state index contributed by atoms with van der Waals surface area (Å²) in [6.45, 7) is 0. The summed E-state index contributed by atoms with van der Waals surface area (Å²) < 4.78 is 0. The number of benzene rings is 1. The van der Waals surface area contributed by atoms with Crippen LogP contribution in [0.2, 0.25) is 0 Å². The molecule has 0 aromatic heterocycles. The second-order valence-corrected chi connectivity index (χ2v) is 8.62. The number of hydrogen-bond acceptors (Lipinski definition) is 6. The number of hydrogen-bond donors (Lipinski definition) is 3. The van der Waals surface area contributed by atoms with Crippen LogP contribution in [0.3, 0.4) is 0 Å². The Balaban J connectivity index is 1.50. The summed E-state index contributed by atoms with van der Waals surface area (Å²) in [7, 11) is 0. The molecule has 0 radical (unpaired) electrons. The van der Waals surface area contributed by atoms with E-state index >= 15 is 0 Å². The van der Waals surface area contributed by atoms with Gasteiger partial charge >= 0.3 is 5.97 Å². The number of carbonyl (C=O) groups excluding carboxylic acids is 4. The highest BCUT2D eigenvalue weighted by molar-refractivity contribution is 6.25. The summed E-state index contributed by atoms with van der Waals surface area (Å²) >= 11 is 0. The number of carboxylic acids is 1. The first-order valence-electron chi connectivity index (χ1n) is 10.2. The number of anilines is 1. The van der Waals surface area contributed by atoms with Crippen molar-refractivity contribution in [2.75, 3.05) is 5.32 Å². The van der Waals surface area contributed by atoms with Crippen LogP contribution >= 0.6 is 0 Å². The fraction of sp³-hybridized carbons (Fsp3) is 0.476. The Bertz CT molecular complexity index is 1040. The second-order valence-electron chi connectivity index (χ2n) is 8.62. The Kier molecular flexibility index (Phi) is 3.84. The van der Waals surface area contributed by atoms with Crippen LogP contribution in [-0.2, 0) is 14.4 Å². The smallest absolute Gasteiger partial charge is 0.312 e. The minimum absolute atomic E-state index is 0.0547. The molecule has 9 nitrogen and oxygen atoms in total. The first kappa shape index (κ1) is 18.8. The van der Waals surface area contributed by atoms with Crippen LogP contribution < -0.4 is 10.6 Å². The molecule has 2 aliphatic heterocycles. The molecule has 2 heterocycles. The maximum absolute atomic E-state index is 13.2. The van der Waals surface area contributed by atoms with Crippen molar-refractivity contribution in [2.24, 2.45) is 5.41 Å². The zero-order valence-electron chi connectivity index (χ0n) is 16.2. The Labute approximate surface area is 171 Å². The zero-order valence-corrected chi connectivity index (χ0v) is 16.2. The number of carboxylic acid groups (broad SMARTS) is 1. The van der Waals surface area contributed by atoms with Gasteiger partial charge in [-0.3, -0.25) is 34.2 Å². The standard InChI is InChI=1S/C21H21N3O6/c25-14-6-5-13(16(26)22-14)24-17(27)11-3-1-4-12(15(11)18(24)28)23-21-8-2-7-20(21,9-10-21)19(29)30/h1,3-4,13,23H,2,5-10H2,(H,29,30)(H,22,25,26)/t13?,20-,21?/m1/s1. The fourth-order valence-electron chi connectivity index (χ4n) is 5.69. The van der Waals surface area contributed by atoms with Crippen molar-refractivity contribution in [2.45, 2.75) is 56.5 Å². The lowest BCUT2D eigenvalue weighted by Crippen LogP contribution is -2.62. The van der Waals surface area contributed by atoms with Gasteiger partial charge in [0.15, 0.2) is 0 Å². The maximum atomic E-state index is 13.2. The largest absolute Gasteiger partial charge is 0.481 e. The molecule has 1 aromatic carbocycles. The van der Waals surface area contributed by atoms with E-state index in [1.54, 1.807) is 12.1 Å². The third kappa shape index (κ3) is 2.26. The maximum Gasteiger partial charge on any atom is 0.312 e. The van der Waals surface area contributed by atoms with Crippen LogP contribution in [0, 0.1) is 5.41 Å². The summed E-state index contributed by atoms with van der Waals surface area (Å²) in [5, 5.41) is 15.4. The Morgan fingerprint density at radius 1 is 1.10 bits per heavy atom. The Morgan fingerprint density at radius 2 is 1.90 bits per heavy atom. The first-order valence-corrected chi connectivity index (χ1v) is 10.2. The molecule has 4 amide bonds. The van der Waals surface area contributed by atoms with Crippen molar-refractivity contribution < 1.29 is 29.1 Å². The van der Waals surface area contributed by atoms with Crippen LogP contribution in [0.1, 0.15) is 65.7 Å². The molecule has 3 fully saturated rings. The van der Waals surface area contributed by atoms with E-state index in [0.717, 1.165) is 11.3 Å². The van der Waals surface area contributed by atoms with E-state index in [1.807, 2.05) is 0 Å². The molecule has 3 atom stereocenters. The molecular weight excluding hydrogens is 390 g/mol. The number of piperidine rings is 1. The summed E-state index contributed by atoms with van der Waals surface area (Å²) in [6, 6.07) is 3.82. The van der Waals surface area contributed by atoms with Gasteiger partial charge in [0.25, 0.3) is 11.8 Å². The van der Waals surface area contributed by atoms with Crippen LogP contribution in [-0.4, -0.2) is 51.2 Å². The van der Waals surface area contributed by atoms with Gasteiger partial charge in [-0.25, -0.2) is 0 Å². The highest BCUT2D eigenvalue weighted by Crippen LogP contribution is 2.62. The highest BCUT2D eigenvalue weighted by atomic mass is 16.4. The van der Waals surface area contributed by atoms with Gasteiger partial charge in [0, 0.05) is 12.1 Å². The number of nitrogens with zero attached hydrogens (tertiary/aromatic N) is 1. The number of imide groups is 2. The SMILES string of the molecule is O=C1CCC(N2C(=O)c3cccc(NC45CCC[C@]4(C(=O)O)CC5)c3C2=O)C(=O)N1. The number of aliphatic carboxylic acids is 1. The molecule has 0 spiro atoms. The van der Waals surface area contributed by atoms with Crippen LogP contribution in [0.15, 0.2) is 18.2 Å². The molecule has 4 aliphatic rings. The van der Waals surface area contributed by atoms with E-state index in [-0.39, 0.29) is 24.0 Å². The van der Waals surface area contributed by atoms with E-state index in [0.29, 0.717) is 31.4 Å². The van der Waals surface area contributed by atoms with Crippen molar-refractivity contribution in [3.8, 4) is 0 Å². The third-order valence-corrected chi connectivity index (χ3v) is 7.35. The molecule has 1 saturated heterocycles. The number of nitrogens with one attached hydrogen (secondary N) is 2. The first-order chi connectivity index (χ1) is 14.3. The summed E-state index contributed by atoms with van der Waals surface area (Å²) in [4.78, 5) is 62.8. The van der Waals surface area contributed by atoms with Crippen molar-refractivity contribution >= 4 is 35.3 Å². The van der Waals surface area contributed by atoms with Gasteiger partial charge < -0.3 is 10.4 Å². The predicted octanol–water partition coefficient (Wildman–Crippen LogP) is 1.29. The van der Waals surface area contributed by atoms with E-state index < -0.39 is 46.6 Å². The molecule has 0 bridgehead atoms. The second kappa shape index (κ2) is 6.13. The summed E-state index contributed by atoms with van der Waals surface area (Å²) in [5.41, 5.74) is -0.721. The molecule has 9 heteroatoms. The number of carbonyl (C=O) groups is 5. The molecule has 156 valence electrons. The van der Waals surface area contributed by atoms with Crippen molar-refractivity contribution in [1.29, 1.82) is 0 Å². The Morgan fingerprint density at radius 3 is 2.57 bits per heavy atom. The lowest BCUT2D eigenvalue weighted by molar-refractivity contribution is -0.159.